The second-order valence-corrected chi connectivity index (χ2v) is 7.09. The van der Waals surface area contributed by atoms with E-state index in [1.165, 1.54) is 18.4 Å². The first-order chi connectivity index (χ1) is 12.6. The first kappa shape index (κ1) is 16.6. The van der Waals surface area contributed by atoms with Crippen molar-refractivity contribution in [2.45, 2.75) is 18.5 Å². The largest absolute Gasteiger partial charge is 0.497 e. The Morgan fingerprint density at radius 2 is 2.12 bits per heavy atom. The number of amides is 4. The number of fused-ring (bicyclic) bond motifs is 1. The third kappa shape index (κ3) is 2.62. The van der Waals surface area contributed by atoms with E-state index in [-0.39, 0.29) is 11.9 Å². The number of hydrogen-bond acceptors (Lipinski definition) is 5. The number of ether oxygens (including phenoxy) is 1. The Bertz CT molecular complexity index is 867. The van der Waals surface area contributed by atoms with Gasteiger partial charge in [-0.2, -0.15) is 0 Å². The van der Waals surface area contributed by atoms with Crippen molar-refractivity contribution in [2.75, 3.05) is 18.6 Å². The molecule has 3 heterocycles. The van der Waals surface area contributed by atoms with Gasteiger partial charge in [-0.05, 0) is 30.0 Å². The smallest absolute Gasteiger partial charge is 0.329 e. The van der Waals surface area contributed by atoms with E-state index in [0.29, 0.717) is 29.3 Å². The number of nitrogens with zero attached hydrogens (tertiary/aromatic N) is 2. The number of imide groups is 1. The van der Waals surface area contributed by atoms with Crippen molar-refractivity contribution in [3.8, 4) is 5.75 Å². The molecule has 0 spiro atoms. The molecule has 1 aromatic carbocycles. The maximum atomic E-state index is 13.1. The summed E-state index contributed by atoms with van der Waals surface area (Å²) in [4.78, 5) is 41.6. The van der Waals surface area contributed by atoms with Crippen LogP contribution in [-0.4, -0.2) is 48.5 Å². The van der Waals surface area contributed by atoms with Gasteiger partial charge < -0.3 is 15.0 Å². The van der Waals surface area contributed by atoms with E-state index in [9.17, 15) is 14.4 Å². The minimum atomic E-state index is -0.700. The number of urea groups is 1. The van der Waals surface area contributed by atoms with Gasteiger partial charge in [0.15, 0.2) is 0 Å². The van der Waals surface area contributed by atoms with Crippen molar-refractivity contribution in [2.24, 2.45) is 0 Å². The van der Waals surface area contributed by atoms with E-state index in [0.717, 1.165) is 4.90 Å². The molecule has 134 valence electrons. The van der Waals surface area contributed by atoms with Gasteiger partial charge in [0, 0.05) is 12.6 Å². The monoisotopic (exact) mass is 371 g/mol. The van der Waals surface area contributed by atoms with Crippen LogP contribution in [0.15, 0.2) is 41.8 Å². The van der Waals surface area contributed by atoms with E-state index in [1.807, 2.05) is 5.38 Å². The lowest BCUT2D eigenvalue weighted by Gasteiger charge is -2.36. The number of carbonyl (C=O) groups is 3. The first-order valence-corrected chi connectivity index (χ1v) is 9.11. The highest BCUT2D eigenvalue weighted by atomic mass is 32.1. The Labute approximate surface area is 154 Å². The molecule has 8 heteroatoms. The zero-order valence-corrected chi connectivity index (χ0v) is 14.9. The third-order valence-electron chi connectivity index (χ3n) is 4.69. The molecule has 0 unspecified atom stereocenters. The van der Waals surface area contributed by atoms with Crippen LogP contribution < -0.4 is 15.0 Å². The molecule has 0 radical (unpaired) electrons. The molecule has 0 saturated carbocycles. The van der Waals surface area contributed by atoms with Crippen LogP contribution in [0, 0.1) is 0 Å². The first-order valence-electron chi connectivity index (χ1n) is 8.23. The number of rotatable bonds is 3. The average Bonchev–Trinajstić information content (AvgIpc) is 3.31. The van der Waals surface area contributed by atoms with Crippen molar-refractivity contribution in [1.29, 1.82) is 0 Å². The summed E-state index contributed by atoms with van der Waals surface area (Å²) in [5.41, 5.74) is 0.417. The van der Waals surface area contributed by atoms with Gasteiger partial charge in [-0.25, -0.2) is 9.69 Å². The zero-order chi connectivity index (χ0) is 18.3. The maximum absolute atomic E-state index is 13.1. The van der Waals surface area contributed by atoms with Crippen LogP contribution in [0.3, 0.4) is 0 Å². The highest BCUT2D eigenvalue weighted by Gasteiger charge is 2.50. The number of nitrogens with one attached hydrogen (secondary N) is 1. The Morgan fingerprint density at radius 3 is 2.85 bits per heavy atom. The van der Waals surface area contributed by atoms with Gasteiger partial charge in [-0.3, -0.25) is 9.59 Å². The molecule has 2 aliphatic rings. The van der Waals surface area contributed by atoms with E-state index in [1.54, 1.807) is 41.3 Å². The summed E-state index contributed by atoms with van der Waals surface area (Å²) in [5.74, 6) is -0.0276. The molecule has 7 nitrogen and oxygen atoms in total. The predicted octanol–water partition coefficient (Wildman–Crippen LogP) is 2.10. The minimum absolute atomic E-state index is 0.178. The average molecular weight is 371 g/mol. The summed E-state index contributed by atoms with van der Waals surface area (Å²) in [6, 6.07) is 8.75. The van der Waals surface area contributed by atoms with Crippen LogP contribution in [0.2, 0.25) is 0 Å². The predicted molar refractivity (Wildman–Crippen MR) is 96.6 cm³/mol. The number of methoxy groups -OCH3 is 1. The fraction of sp³-hybridized carbons (Fsp3) is 0.278. The van der Waals surface area contributed by atoms with Gasteiger partial charge >= 0.3 is 6.03 Å². The SMILES string of the molecule is COc1cccc(N2C(=O)N[C@@H]3CCN(C(=O)c4cccs4)[C@@H]3C2=O)c1. The molecule has 0 bridgehead atoms. The molecule has 26 heavy (non-hydrogen) atoms. The highest BCUT2D eigenvalue weighted by molar-refractivity contribution is 7.12. The van der Waals surface area contributed by atoms with Gasteiger partial charge in [-0.1, -0.05) is 12.1 Å². The summed E-state index contributed by atoms with van der Waals surface area (Å²) in [5, 5.41) is 4.69. The normalized spacial score (nSPS) is 22.2. The van der Waals surface area contributed by atoms with Gasteiger partial charge in [0.25, 0.3) is 11.8 Å². The van der Waals surface area contributed by atoms with Crippen molar-refractivity contribution in [3.05, 3.63) is 46.7 Å². The molecule has 2 fully saturated rings. The zero-order valence-electron chi connectivity index (χ0n) is 14.0. The quantitative estimate of drug-likeness (QED) is 0.896. The number of thiophene rings is 1. The lowest BCUT2D eigenvalue weighted by molar-refractivity contribution is -0.122. The molecule has 2 atom stereocenters. The van der Waals surface area contributed by atoms with Crippen LogP contribution >= 0.6 is 11.3 Å². The summed E-state index contributed by atoms with van der Waals surface area (Å²) in [7, 11) is 1.52. The van der Waals surface area contributed by atoms with E-state index in [2.05, 4.69) is 5.32 Å². The van der Waals surface area contributed by atoms with Crippen molar-refractivity contribution >= 4 is 34.9 Å². The lowest BCUT2D eigenvalue weighted by Crippen LogP contribution is -2.65. The summed E-state index contributed by atoms with van der Waals surface area (Å²) in [6.45, 7) is 0.435. The van der Waals surface area contributed by atoms with E-state index >= 15 is 0 Å². The molecule has 2 saturated heterocycles. The van der Waals surface area contributed by atoms with E-state index < -0.39 is 18.0 Å². The Balaban J connectivity index is 1.66. The van der Waals surface area contributed by atoms with Gasteiger partial charge in [0.1, 0.15) is 11.8 Å². The number of hydrogen-bond donors (Lipinski definition) is 1. The number of anilines is 1. The highest BCUT2D eigenvalue weighted by Crippen LogP contribution is 2.30. The second-order valence-electron chi connectivity index (χ2n) is 6.14. The molecule has 4 amide bonds. The summed E-state index contributed by atoms with van der Waals surface area (Å²) >= 11 is 1.34. The Morgan fingerprint density at radius 1 is 1.27 bits per heavy atom. The van der Waals surface area contributed by atoms with Crippen molar-refractivity contribution in [3.63, 3.8) is 0 Å². The van der Waals surface area contributed by atoms with Gasteiger partial charge in [0.2, 0.25) is 0 Å². The van der Waals surface area contributed by atoms with Crippen molar-refractivity contribution in [1.82, 2.24) is 10.2 Å². The maximum Gasteiger partial charge on any atom is 0.329 e. The molecular weight excluding hydrogens is 354 g/mol. The van der Waals surface area contributed by atoms with Crippen LogP contribution in [0.1, 0.15) is 16.1 Å². The van der Waals surface area contributed by atoms with Crippen LogP contribution in [0.5, 0.6) is 5.75 Å². The number of likely N-dealkylation sites (tertiary alicyclic amines) is 1. The van der Waals surface area contributed by atoms with E-state index in [4.69, 9.17) is 4.74 Å². The molecule has 1 aromatic heterocycles. The number of benzene rings is 1. The lowest BCUT2D eigenvalue weighted by atomic mass is 10.0. The minimum Gasteiger partial charge on any atom is -0.497 e. The fourth-order valence-electron chi connectivity index (χ4n) is 3.47. The topological polar surface area (TPSA) is 79.0 Å². The molecule has 2 aliphatic heterocycles. The standard InChI is InChI=1S/C18H17N3O4S/c1-25-12-5-2-4-11(10-12)21-17(23)15-13(19-18(21)24)7-8-20(15)16(22)14-6-3-9-26-14/h2-6,9-10,13,15H,7-8H2,1H3,(H,19,24)/t13-,15+/m1/s1. The fourth-order valence-corrected chi connectivity index (χ4v) is 4.15. The Hall–Kier alpha value is -2.87. The molecular formula is C18H17N3O4S. The third-order valence-corrected chi connectivity index (χ3v) is 5.55. The second kappa shape index (κ2) is 6.45. The van der Waals surface area contributed by atoms with Crippen LogP contribution in [0.25, 0.3) is 0 Å². The number of carbonyl (C=O) groups excluding carboxylic acids is 3. The molecule has 4 rings (SSSR count). The molecule has 0 aliphatic carbocycles. The van der Waals surface area contributed by atoms with Gasteiger partial charge in [0.05, 0.1) is 23.7 Å². The van der Waals surface area contributed by atoms with Gasteiger partial charge in [-0.15, -0.1) is 11.3 Å². The Kier molecular flexibility index (Phi) is 4.12. The van der Waals surface area contributed by atoms with Crippen LogP contribution in [-0.2, 0) is 4.79 Å². The summed E-state index contributed by atoms with van der Waals surface area (Å²) in [6.07, 6.45) is 0.561. The van der Waals surface area contributed by atoms with Crippen molar-refractivity contribution < 1.29 is 19.1 Å². The molecule has 2 aromatic rings. The molecule has 1 N–H and O–H groups in total. The summed E-state index contributed by atoms with van der Waals surface area (Å²) < 4.78 is 5.18. The van der Waals surface area contributed by atoms with Crippen LogP contribution in [0.4, 0.5) is 10.5 Å².